The fourth-order valence-electron chi connectivity index (χ4n) is 2.81. The standard InChI is InChI=1S/C18H33N7O2/c1-13-23-24-15(25(13)5)12-21-16(22-14-8-6-7-9-14)19-10-11-20-17(26)27-18(2,3)4/h14H,6-12H2,1-5H3,(H,20,26)(H2,19,21,22). The average molecular weight is 380 g/mol. The number of hydrogen-bond donors (Lipinski definition) is 3. The second-order valence-corrected chi connectivity index (χ2v) is 7.87. The maximum absolute atomic E-state index is 11.7. The predicted molar refractivity (Wildman–Crippen MR) is 105 cm³/mol. The van der Waals surface area contributed by atoms with Gasteiger partial charge in [-0.15, -0.1) is 10.2 Å². The summed E-state index contributed by atoms with van der Waals surface area (Å²) in [4.78, 5) is 16.3. The van der Waals surface area contributed by atoms with Crippen molar-refractivity contribution in [2.45, 2.75) is 71.6 Å². The van der Waals surface area contributed by atoms with Gasteiger partial charge in [0.05, 0.1) is 0 Å². The van der Waals surface area contributed by atoms with Crippen molar-refractivity contribution in [3.8, 4) is 0 Å². The van der Waals surface area contributed by atoms with E-state index in [1.54, 1.807) is 0 Å². The number of guanidine groups is 1. The van der Waals surface area contributed by atoms with E-state index < -0.39 is 11.7 Å². The second-order valence-electron chi connectivity index (χ2n) is 7.87. The molecule has 1 aliphatic carbocycles. The molecule has 0 unspecified atom stereocenters. The highest BCUT2D eigenvalue weighted by atomic mass is 16.6. The number of carbonyl (C=O) groups excluding carboxylic acids is 1. The number of amides is 1. The molecule has 0 bridgehead atoms. The molecular formula is C18H33N7O2. The minimum absolute atomic E-state index is 0.416. The normalized spacial score (nSPS) is 15.7. The lowest BCUT2D eigenvalue weighted by Crippen LogP contribution is -2.45. The molecule has 9 nitrogen and oxygen atoms in total. The van der Waals surface area contributed by atoms with E-state index in [4.69, 9.17) is 4.74 Å². The van der Waals surface area contributed by atoms with Crippen molar-refractivity contribution in [3.63, 3.8) is 0 Å². The molecule has 1 fully saturated rings. The van der Waals surface area contributed by atoms with Gasteiger partial charge in [0, 0.05) is 26.2 Å². The van der Waals surface area contributed by atoms with Crippen LogP contribution in [0.5, 0.6) is 0 Å². The largest absolute Gasteiger partial charge is 0.444 e. The summed E-state index contributed by atoms with van der Waals surface area (Å²) in [5.74, 6) is 2.40. The SMILES string of the molecule is Cc1nnc(CN=C(NCCNC(=O)OC(C)(C)C)NC2CCCC2)n1C. The summed E-state index contributed by atoms with van der Waals surface area (Å²) in [5, 5.41) is 17.7. The summed E-state index contributed by atoms with van der Waals surface area (Å²) in [6, 6.07) is 0.441. The number of aliphatic imine (C=N–C) groups is 1. The van der Waals surface area contributed by atoms with Crippen LogP contribution in [0.4, 0.5) is 4.79 Å². The van der Waals surface area contributed by atoms with Gasteiger partial charge in [-0.1, -0.05) is 12.8 Å². The molecule has 0 aromatic carbocycles. The third-order valence-electron chi connectivity index (χ3n) is 4.34. The van der Waals surface area contributed by atoms with Gasteiger partial charge in [-0.3, -0.25) is 0 Å². The molecule has 9 heteroatoms. The maximum atomic E-state index is 11.7. The molecule has 1 aromatic rings. The van der Waals surface area contributed by atoms with Gasteiger partial charge in [0.2, 0.25) is 0 Å². The number of rotatable bonds is 6. The highest BCUT2D eigenvalue weighted by Gasteiger charge is 2.17. The Morgan fingerprint density at radius 3 is 2.48 bits per heavy atom. The van der Waals surface area contributed by atoms with Crippen LogP contribution in [0.15, 0.2) is 4.99 Å². The Balaban J connectivity index is 1.85. The number of hydrogen-bond acceptors (Lipinski definition) is 5. The number of aryl methyl sites for hydroxylation is 1. The van der Waals surface area contributed by atoms with Crippen LogP contribution in [0, 0.1) is 6.92 Å². The Morgan fingerprint density at radius 1 is 1.22 bits per heavy atom. The third-order valence-corrected chi connectivity index (χ3v) is 4.34. The summed E-state index contributed by atoms with van der Waals surface area (Å²) in [7, 11) is 1.93. The van der Waals surface area contributed by atoms with Crippen molar-refractivity contribution in [3.05, 3.63) is 11.6 Å². The van der Waals surface area contributed by atoms with Crippen LogP contribution in [-0.4, -0.2) is 51.5 Å². The van der Waals surface area contributed by atoms with Crippen LogP contribution < -0.4 is 16.0 Å². The van der Waals surface area contributed by atoms with Gasteiger partial charge >= 0.3 is 6.09 Å². The van der Waals surface area contributed by atoms with Gasteiger partial charge in [-0.25, -0.2) is 9.79 Å². The molecule has 27 heavy (non-hydrogen) atoms. The van der Waals surface area contributed by atoms with Gasteiger partial charge < -0.3 is 25.3 Å². The lowest BCUT2D eigenvalue weighted by atomic mass is 10.2. The van der Waals surface area contributed by atoms with Crippen molar-refractivity contribution in [2.24, 2.45) is 12.0 Å². The summed E-state index contributed by atoms with van der Waals surface area (Å²) in [5.41, 5.74) is -0.498. The average Bonchev–Trinajstić information content (AvgIpc) is 3.19. The molecule has 0 atom stereocenters. The zero-order chi connectivity index (χ0) is 19.9. The van der Waals surface area contributed by atoms with Crippen molar-refractivity contribution in [1.29, 1.82) is 0 Å². The lowest BCUT2D eigenvalue weighted by Gasteiger charge is -2.20. The molecule has 1 amide bonds. The number of ether oxygens (including phenoxy) is 1. The molecule has 152 valence electrons. The van der Waals surface area contributed by atoms with Gasteiger partial charge in [-0.05, 0) is 40.5 Å². The van der Waals surface area contributed by atoms with Crippen LogP contribution >= 0.6 is 0 Å². The van der Waals surface area contributed by atoms with Gasteiger partial charge in [0.25, 0.3) is 0 Å². The fraction of sp³-hybridized carbons (Fsp3) is 0.778. The monoisotopic (exact) mass is 379 g/mol. The Hall–Kier alpha value is -2.32. The molecule has 1 saturated carbocycles. The number of alkyl carbamates (subject to hydrolysis) is 1. The predicted octanol–water partition coefficient (Wildman–Crippen LogP) is 1.63. The second kappa shape index (κ2) is 9.57. The highest BCUT2D eigenvalue weighted by molar-refractivity contribution is 5.80. The Morgan fingerprint density at radius 2 is 1.89 bits per heavy atom. The van der Waals surface area contributed by atoms with E-state index in [2.05, 4.69) is 31.1 Å². The number of aromatic nitrogens is 3. The van der Waals surface area contributed by atoms with E-state index >= 15 is 0 Å². The molecule has 3 N–H and O–H groups in total. The van der Waals surface area contributed by atoms with Gasteiger partial charge in [0.1, 0.15) is 18.0 Å². The van der Waals surface area contributed by atoms with Crippen LogP contribution in [0.1, 0.15) is 58.1 Å². The van der Waals surface area contributed by atoms with E-state index in [0.717, 1.165) is 30.5 Å². The van der Waals surface area contributed by atoms with Crippen LogP contribution in [0.2, 0.25) is 0 Å². The van der Waals surface area contributed by atoms with Crippen molar-refractivity contribution in [1.82, 2.24) is 30.7 Å². The Labute approximate surface area is 161 Å². The molecule has 1 heterocycles. The van der Waals surface area contributed by atoms with Crippen LogP contribution in [0.3, 0.4) is 0 Å². The van der Waals surface area contributed by atoms with Gasteiger partial charge in [-0.2, -0.15) is 0 Å². The summed E-state index contributed by atoms with van der Waals surface area (Å²) in [6.45, 7) is 8.89. The quantitative estimate of drug-likeness (QED) is 0.394. The zero-order valence-electron chi connectivity index (χ0n) is 17.1. The van der Waals surface area contributed by atoms with E-state index in [9.17, 15) is 4.79 Å². The molecule has 0 saturated heterocycles. The Kier molecular flexibility index (Phi) is 7.44. The molecular weight excluding hydrogens is 346 g/mol. The summed E-state index contributed by atoms with van der Waals surface area (Å²) >= 11 is 0. The maximum Gasteiger partial charge on any atom is 0.407 e. The molecule has 0 radical (unpaired) electrons. The number of nitrogens with one attached hydrogen (secondary N) is 3. The lowest BCUT2D eigenvalue weighted by molar-refractivity contribution is 0.0529. The first-order valence-corrected chi connectivity index (χ1v) is 9.61. The summed E-state index contributed by atoms with van der Waals surface area (Å²) < 4.78 is 7.16. The Bertz CT molecular complexity index is 643. The van der Waals surface area contributed by atoms with Crippen LogP contribution in [0.25, 0.3) is 0 Å². The minimum atomic E-state index is -0.498. The number of carbonyl (C=O) groups is 1. The highest BCUT2D eigenvalue weighted by Crippen LogP contribution is 2.17. The van der Waals surface area contributed by atoms with Crippen LogP contribution in [-0.2, 0) is 18.3 Å². The smallest absolute Gasteiger partial charge is 0.407 e. The van der Waals surface area contributed by atoms with E-state index in [1.165, 1.54) is 12.8 Å². The number of nitrogens with zero attached hydrogens (tertiary/aromatic N) is 4. The van der Waals surface area contributed by atoms with Crippen molar-refractivity contribution < 1.29 is 9.53 Å². The van der Waals surface area contributed by atoms with Crippen molar-refractivity contribution >= 4 is 12.1 Å². The van der Waals surface area contributed by atoms with Gasteiger partial charge in [0.15, 0.2) is 11.8 Å². The van der Waals surface area contributed by atoms with E-state index in [-0.39, 0.29) is 0 Å². The first-order chi connectivity index (χ1) is 12.7. The van der Waals surface area contributed by atoms with E-state index in [0.29, 0.717) is 25.7 Å². The minimum Gasteiger partial charge on any atom is -0.444 e. The zero-order valence-corrected chi connectivity index (χ0v) is 17.1. The van der Waals surface area contributed by atoms with Crippen molar-refractivity contribution in [2.75, 3.05) is 13.1 Å². The molecule has 1 aliphatic rings. The molecule has 0 spiro atoms. The molecule has 1 aromatic heterocycles. The topological polar surface area (TPSA) is 105 Å². The first kappa shape index (κ1) is 21.0. The first-order valence-electron chi connectivity index (χ1n) is 9.61. The third kappa shape index (κ3) is 7.44. The molecule has 0 aliphatic heterocycles. The fourth-order valence-corrected chi connectivity index (χ4v) is 2.81. The van der Waals surface area contributed by atoms with E-state index in [1.807, 2.05) is 39.3 Å². The molecule has 2 rings (SSSR count). The summed E-state index contributed by atoms with van der Waals surface area (Å²) in [6.07, 6.45) is 4.38.